The molecule has 128 valence electrons. The molecule has 0 fully saturated rings. The van der Waals surface area contributed by atoms with Gasteiger partial charge in [-0.25, -0.2) is 4.98 Å². The maximum Gasteiger partial charge on any atom is 0.187 e. The first-order chi connectivity index (χ1) is 12.2. The van der Waals surface area contributed by atoms with E-state index < -0.39 is 0 Å². The fourth-order valence-corrected chi connectivity index (χ4v) is 4.20. The number of fused-ring (bicyclic) bond motifs is 3. The van der Waals surface area contributed by atoms with Gasteiger partial charge in [0.25, 0.3) is 0 Å². The number of rotatable bonds is 4. The van der Waals surface area contributed by atoms with Crippen molar-refractivity contribution < 1.29 is 9.47 Å². The molecule has 0 amide bonds. The molecule has 1 aromatic heterocycles. The number of benzene rings is 2. The van der Waals surface area contributed by atoms with E-state index >= 15 is 0 Å². The molecule has 0 aliphatic heterocycles. The normalized spacial score (nSPS) is 12.3. The fourth-order valence-electron chi connectivity index (χ4n) is 3.21. The van der Waals surface area contributed by atoms with Gasteiger partial charge in [0.1, 0.15) is 11.5 Å². The van der Waals surface area contributed by atoms with Crippen molar-refractivity contribution in [1.29, 1.82) is 0 Å². The second-order valence-electron chi connectivity index (χ2n) is 6.12. The Balaban J connectivity index is 1.66. The summed E-state index contributed by atoms with van der Waals surface area (Å²) in [6.45, 7) is 2.08. The van der Waals surface area contributed by atoms with Crippen molar-refractivity contribution in [3.8, 4) is 22.8 Å². The van der Waals surface area contributed by atoms with Crippen LogP contribution in [0.5, 0.6) is 11.5 Å². The van der Waals surface area contributed by atoms with Gasteiger partial charge in [0.2, 0.25) is 0 Å². The van der Waals surface area contributed by atoms with Gasteiger partial charge in [-0.05, 0) is 67.3 Å². The Morgan fingerprint density at radius 1 is 1.04 bits per heavy atom. The number of anilines is 2. The third-order valence-corrected chi connectivity index (χ3v) is 5.57. The first kappa shape index (κ1) is 16.0. The van der Waals surface area contributed by atoms with Gasteiger partial charge in [-0.1, -0.05) is 0 Å². The Hall–Kier alpha value is -2.53. The van der Waals surface area contributed by atoms with Crippen LogP contribution in [0.25, 0.3) is 11.3 Å². The highest BCUT2D eigenvalue weighted by molar-refractivity contribution is 7.16. The zero-order valence-electron chi connectivity index (χ0n) is 14.6. The Labute approximate surface area is 151 Å². The molecule has 1 heterocycles. The molecule has 25 heavy (non-hydrogen) atoms. The van der Waals surface area contributed by atoms with Crippen LogP contribution in [-0.4, -0.2) is 19.2 Å². The van der Waals surface area contributed by atoms with Crippen LogP contribution in [0.4, 0.5) is 10.8 Å². The minimum absolute atomic E-state index is 0.849. The van der Waals surface area contributed by atoms with Crippen LogP contribution in [0.15, 0.2) is 36.4 Å². The summed E-state index contributed by atoms with van der Waals surface area (Å²) < 4.78 is 10.7. The Morgan fingerprint density at radius 2 is 1.84 bits per heavy atom. The second-order valence-corrected chi connectivity index (χ2v) is 7.21. The van der Waals surface area contributed by atoms with E-state index in [1.54, 1.807) is 25.6 Å². The van der Waals surface area contributed by atoms with Crippen molar-refractivity contribution in [1.82, 2.24) is 4.98 Å². The molecule has 0 saturated carbocycles. The average molecular weight is 352 g/mol. The average Bonchev–Trinajstić information content (AvgIpc) is 3.05. The third-order valence-electron chi connectivity index (χ3n) is 4.54. The number of aryl methyl sites for hydroxylation is 3. The Bertz CT molecular complexity index is 916. The molecule has 4 rings (SSSR count). The predicted molar refractivity (Wildman–Crippen MR) is 103 cm³/mol. The van der Waals surface area contributed by atoms with Gasteiger partial charge in [0, 0.05) is 16.1 Å². The first-order valence-corrected chi connectivity index (χ1v) is 9.08. The van der Waals surface area contributed by atoms with Gasteiger partial charge >= 0.3 is 0 Å². The molecule has 4 nitrogen and oxygen atoms in total. The van der Waals surface area contributed by atoms with Crippen LogP contribution >= 0.6 is 11.3 Å². The summed E-state index contributed by atoms with van der Waals surface area (Å²) in [5.74, 6) is 1.80. The Kier molecular flexibility index (Phi) is 4.09. The Morgan fingerprint density at radius 3 is 2.56 bits per heavy atom. The largest absolute Gasteiger partial charge is 0.497 e. The van der Waals surface area contributed by atoms with Gasteiger partial charge < -0.3 is 14.8 Å². The minimum atomic E-state index is 0.849. The van der Waals surface area contributed by atoms with Crippen molar-refractivity contribution in [2.24, 2.45) is 0 Å². The zero-order chi connectivity index (χ0) is 17.4. The number of ether oxygens (including phenoxy) is 2. The number of thiazole rings is 1. The van der Waals surface area contributed by atoms with Gasteiger partial charge in [-0.15, -0.1) is 11.3 Å². The van der Waals surface area contributed by atoms with Crippen molar-refractivity contribution in [2.45, 2.75) is 19.8 Å². The molecule has 0 bridgehead atoms. The molecule has 1 N–H and O–H groups in total. The van der Waals surface area contributed by atoms with E-state index in [-0.39, 0.29) is 0 Å². The molecule has 0 saturated heterocycles. The van der Waals surface area contributed by atoms with Crippen molar-refractivity contribution in [3.63, 3.8) is 0 Å². The van der Waals surface area contributed by atoms with Gasteiger partial charge in [-0.3, -0.25) is 0 Å². The molecule has 0 radical (unpaired) electrons. The third kappa shape index (κ3) is 2.96. The molecule has 5 heteroatoms. The molecule has 0 spiro atoms. The number of hydrogen-bond acceptors (Lipinski definition) is 5. The summed E-state index contributed by atoms with van der Waals surface area (Å²) in [6.07, 6.45) is 2.06. The maximum atomic E-state index is 5.46. The summed E-state index contributed by atoms with van der Waals surface area (Å²) in [7, 11) is 3.40. The van der Waals surface area contributed by atoms with Crippen LogP contribution in [0, 0.1) is 6.92 Å². The van der Waals surface area contributed by atoms with E-state index in [4.69, 9.17) is 14.5 Å². The smallest absolute Gasteiger partial charge is 0.187 e. The van der Waals surface area contributed by atoms with Crippen molar-refractivity contribution >= 4 is 22.2 Å². The maximum absolute atomic E-state index is 5.46. The van der Waals surface area contributed by atoms with E-state index in [1.165, 1.54) is 16.0 Å². The summed E-state index contributed by atoms with van der Waals surface area (Å²) in [5.41, 5.74) is 5.81. The van der Waals surface area contributed by atoms with E-state index in [9.17, 15) is 0 Å². The van der Waals surface area contributed by atoms with Crippen LogP contribution in [-0.2, 0) is 12.8 Å². The monoisotopic (exact) mass is 352 g/mol. The number of nitrogens with zero attached hydrogens (tertiary/aromatic N) is 1. The molecular weight excluding hydrogens is 332 g/mol. The van der Waals surface area contributed by atoms with E-state index in [0.29, 0.717) is 0 Å². The molecule has 3 aromatic rings. The molecular formula is C20H20N2O2S. The van der Waals surface area contributed by atoms with Gasteiger partial charge in [0.15, 0.2) is 5.13 Å². The van der Waals surface area contributed by atoms with E-state index in [0.717, 1.165) is 46.4 Å². The summed E-state index contributed by atoms with van der Waals surface area (Å²) in [5, 5.41) is 4.33. The van der Waals surface area contributed by atoms with Gasteiger partial charge in [0.05, 0.1) is 19.9 Å². The summed E-state index contributed by atoms with van der Waals surface area (Å²) in [4.78, 5) is 6.20. The highest BCUT2D eigenvalue weighted by Crippen LogP contribution is 2.41. The molecule has 2 aromatic carbocycles. The van der Waals surface area contributed by atoms with Crippen molar-refractivity contribution in [3.05, 3.63) is 52.4 Å². The van der Waals surface area contributed by atoms with Crippen LogP contribution in [0.3, 0.4) is 0 Å². The predicted octanol–water partition coefficient (Wildman–Crippen LogP) is 4.98. The van der Waals surface area contributed by atoms with Crippen LogP contribution < -0.4 is 14.8 Å². The lowest BCUT2D eigenvalue weighted by Gasteiger charge is -2.17. The minimum Gasteiger partial charge on any atom is -0.497 e. The lowest BCUT2D eigenvalue weighted by Crippen LogP contribution is -2.03. The van der Waals surface area contributed by atoms with E-state index in [1.807, 2.05) is 24.3 Å². The fraction of sp³-hybridized carbons (Fsp3) is 0.250. The topological polar surface area (TPSA) is 43.4 Å². The second kappa shape index (κ2) is 6.41. The highest BCUT2D eigenvalue weighted by Gasteiger charge is 2.22. The van der Waals surface area contributed by atoms with Gasteiger partial charge in [-0.2, -0.15) is 0 Å². The standard InChI is InChI=1S/C20H20N2O2S/c1-12-10-16-13(11-17(12)24-3)4-9-18-19(16)22-20(25-18)21-14-5-7-15(23-2)8-6-14/h5-8,10-11H,4,9H2,1-3H3,(H,21,22). The SMILES string of the molecule is COc1ccc(Nc2nc3c(s2)CCc2cc(OC)c(C)cc2-3)cc1. The number of nitrogens with one attached hydrogen (secondary N) is 1. The van der Waals surface area contributed by atoms with Crippen LogP contribution in [0.1, 0.15) is 16.0 Å². The summed E-state index contributed by atoms with van der Waals surface area (Å²) >= 11 is 1.73. The molecule has 1 aliphatic rings. The summed E-state index contributed by atoms with van der Waals surface area (Å²) in [6, 6.07) is 12.2. The molecule has 1 aliphatic carbocycles. The number of hydrogen-bond donors (Lipinski definition) is 1. The highest BCUT2D eigenvalue weighted by atomic mass is 32.1. The number of aromatic nitrogens is 1. The van der Waals surface area contributed by atoms with Crippen molar-refractivity contribution in [2.75, 3.05) is 19.5 Å². The zero-order valence-corrected chi connectivity index (χ0v) is 15.4. The lowest BCUT2D eigenvalue weighted by atomic mass is 9.91. The molecule has 0 unspecified atom stereocenters. The quantitative estimate of drug-likeness (QED) is 0.719. The molecule has 0 atom stereocenters. The first-order valence-electron chi connectivity index (χ1n) is 8.26. The van der Waals surface area contributed by atoms with Crippen LogP contribution in [0.2, 0.25) is 0 Å². The number of methoxy groups -OCH3 is 2. The van der Waals surface area contributed by atoms with E-state index in [2.05, 4.69) is 24.4 Å². The lowest BCUT2D eigenvalue weighted by molar-refractivity contribution is 0.411.